The lowest BCUT2D eigenvalue weighted by Crippen LogP contribution is -2.49. The molecule has 1 N–H and O–H groups in total. The van der Waals surface area contributed by atoms with E-state index in [0.717, 1.165) is 17.9 Å². The molecule has 88 valence electrons. The smallest absolute Gasteiger partial charge is 0.0155 e. The maximum absolute atomic E-state index is 3.93. The van der Waals surface area contributed by atoms with Crippen LogP contribution in [0.15, 0.2) is 0 Å². The van der Waals surface area contributed by atoms with E-state index in [1.54, 1.807) is 0 Å². The van der Waals surface area contributed by atoms with Crippen molar-refractivity contribution >= 4 is 0 Å². The average molecular weight is 209 g/mol. The fourth-order valence-electron chi connectivity index (χ4n) is 3.63. The molecule has 0 heterocycles. The third-order valence-corrected chi connectivity index (χ3v) is 4.65. The monoisotopic (exact) mass is 209 g/mol. The van der Waals surface area contributed by atoms with Crippen LogP contribution in [0.4, 0.5) is 0 Å². The molecule has 2 atom stereocenters. The Bertz CT molecular complexity index is 203. The van der Waals surface area contributed by atoms with Gasteiger partial charge in [-0.3, -0.25) is 0 Å². The van der Waals surface area contributed by atoms with Gasteiger partial charge in [-0.05, 0) is 57.8 Å². The molecule has 0 bridgehead atoms. The van der Waals surface area contributed by atoms with E-state index in [4.69, 9.17) is 0 Å². The Balaban J connectivity index is 1.86. The lowest BCUT2D eigenvalue weighted by molar-refractivity contribution is 0.227. The molecule has 1 heteroatoms. The SMILES string of the molecule is CC1CCC(NC(C)(C)C2CCCC2)C1. The molecule has 0 saturated heterocycles. The average Bonchev–Trinajstić information content (AvgIpc) is 2.75. The standard InChI is InChI=1S/C14H27N/c1-11-8-9-13(10-11)15-14(2,3)12-6-4-5-7-12/h11-13,15H,4-10H2,1-3H3. The van der Waals surface area contributed by atoms with Crippen LogP contribution in [0.3, 0.4) is 0 Å². The molecule has 2 aliphatic rings. The molecule has 2 unspecified atom stereocenters. The zero-order valence-electron chi connectivity index (χ0n) is 10.7. The minimum Gasteiger partial charge on any atom is -0.309 e. The molecule has 0 aromatic carbocycles. The summed E-state index contributed by atoms with van der Waals surface area (Å²) in [4.78, 5) is 0. The van der Waals surface area contributed by atoms with Gasteiger partial charge in [-0.1, -0.05) is 19.8 Å². The number of nitrogens with one attached hydrogen (secondary N) is 1. The zero-order chi connectivity index (χ0) is 10.9. The van der Waals surface area contributed by atoms with Crippen LogP contribution in [-0.2, 0) is 0 Å². The highest BCUT2D eigenvalue weighted by molar-refractivity contribution is 4.93. The van der Waals surface area contributed by atoms with Crippen LogP contribution < -0.4 is 5.32 Å². The summed E-state index contributed by atoms with van der Waals surface area (Å²) in [5.41, 5.74) is 0.380. The van der Waals surface area contributed by atoms with Crippen LogP contribution in [0.5, 0.6) is 0 Å². The Hall–Kier alpha value is -0.0400. The van der Waals surface area contributed by atoms with E-state index in [-0.39, 0.29) is 0 Å². The minimum atomic E-state index is 0.380. The third-order valence-electron chi connectivity index (χ3n) is 4.65. The van der Waals surface area contributed by atoms with Gasteiger partial charge in [-0.2, -0.15) is 0 Å². The van der Waals surface area contributed by atoms with Crippen molar-refractivity contribution in [2.24, 2.45) is 11.8 Å². The van der Waals surface area contributed by atoms with Gasteiger partial charge in [0.15, 0.2) is 0 Å². The van der Waals surface area contributed by atoms with E-state index in [2.05, 4.69) is 26.1 Å². The van der Waals surface area contributed by atoms with Crippen molar-refractivity contribution in [3.8, 4) is 0 Å². The van der Waals surface area contributed by atoms with Crippen molar-refractivity contribution in [3.63, 3.8) is 0 Å². The molecule has 0 amide bonds. The van der Waals surface area contributed by atoms with Crippen molar-refractivity contribution in [3.05, 3.63) is 0 Å². The van der Waals surface area contributed by atoms with Crippen LogP contribution in [0.1, 0.15) is 65.7 Å². The summed E-state index contributed by atoms with van der Waals surface area (Å²) in [6.45, 7) is 7.24. The summed E-state index contributed by atoms with van der Waals surface area (Å²) in [7, 11) is 0. The van der Waals surface area contributed by atoms with Crippen molar-refractivity contribution < 1.29 is 0 Å². The first-order valence-electron chi connectivity index (χ1n) is 6.85. The van der Waals surface area contributed by atoms with E-state index < -0.39 is 0 Å². The highest BCUT2D eigenvalue weighted by Crippen LogP contribution is 2.35. The molecule has 0 aromatic heterocycles. The van der Waals surface area contributed by atoms with E-state index in [1.807, 2.05) is 0 Å². The minimum absolute atomic E-state index is 0.380. The molecule has 2 saturated carbocycles. The lowest BCUT2D eigenvalue weighted by Gasteiger charge is -2.36. The van der Waals surface area contributed by atoms with Gasteiger partial charge < -0.3 is 5.32 Å². The molecular formula is C14H27N. The van der Waals surface area contributed by atoms with E-state index >= 15 is 0 Å². The summed E-state index contributed by atoms with van der Waals surface area (Å²) < 4.78 is 0. The van der Waals surface area contributed by atoms with Gasteiger partial charge in [0.25, 0.3) is 0 Å². The van der Waals surface area contributed by atoms with Crippen LogP contribution in [-0.4, -0.2) is 11.6 Å². The molecule has 0 aliphatic heterocycles. The van der Waals surface area contributed by atoms with E-state index in [0.29, 0.717) is 5.54 Å². The Labute approximate surface area is 95.0 Å². The first-order chi connectivity index (χ1) is 7.08. The number of hydrogen-bond donors (Lipinski definition) is 1. The summed E-state index contributed by atoms with van der Waals surface area (Å²) in [5.74, 6) is 1.87. The van der Waals surface area contributed by atoms with Gasteiger partial charge in [-0.25, -0.2) is 0 Å². The van der Waals surface area contributed by atoms with Gasteiger partial charge in [-0.15, -0.1) is 0 Å². The highest BCUT2D eigenvalue weighted by Gasteiger charge is 2.34. The normalized spacial score (nSPS) is 33.8. The van der Waals surface area contributed by atoms with Crippen LogP contribution in [0.2, 0.25) is 0 Å². The van der Waals surface area contributed by atoms with Crippen LogP contribution in [0, 0.1) is 11.8 Å². The van der Waals surface area contributed by atoms with Gasteiger partial charge in [0.05, 0.1) is 0 Å². The first kappa shape index (κ1) is 11.4. The second kappa shape index (κ2) is 4.45. The second-order valence-corrected chi connectivity index (χ2v) is 6.46. The Morgan fingerprint density at radius 1 is 1.00 bits per heavy atom. The van der Waals surface area contributed by atoms with Crippen molar-refractivity contribution in [1.82, 2.24) is 5.32 Å². The summed E-state index contributed by atoms with van der Waals surface area (Å²) in [6.07, 6.45) is 10.0. The molecule has 15 heavy (non-hydrogen) atoms. The van der Waals surface area contributed by atoms with Crippen LogP contribution >= 0.6 is 0 Å². The van der Waals surface area contributed by atoms with Crippen molar-refractivity contribution in [2.75, 3.05) is 0 Å². The topological polar surface area (TPSA) is 12.0 Å². The van der Waals surface area contributed by atoms with E-state index in [9.17, 15) is 0 Å². The van der Waals surface area contributed by atoms with Crippen molar-refractivity contribution in [2.45, 2.75) is 77.3 Å². The Morgan fingerprint density at radius 2 is 1.67 bits per heavy atom. The van der Waals surface area contributed by atoms with Crippen LogP contribution in [0.25, 0.3) is 0 Å². The molecular weight excluding hydrogens is 182 g/mol. The molecule has 0 aromatic rings. The quantitative estimate of drug-likeness (QED) is 0.747. The maximum Gasteiger partial charge on any atom is 0.0155 e. The molecule has 0 spiro atoms. The van der Waals surface area contributed by atoms with Gasteiger partial charge >= 0.3 is 0 Å². The molecule has 2 rings (SSSR count). The largest absolute Gasteiger partial charge is 0.309 e. The Kier molecular flexibility index (Phi) is 3.39. The fraction of sp³-hybridized carbons (Fsp3) is 1.00. The fourth-order valence-corrected chi connectivity index (χ4v) is 3.63. The van der Waals surface area contributed by atoms with Gasteiger partial charge in [0, 0.05) is 11.6 Å². The third kappa shape index (κ3) is 2.75. The molecule has 2 fully saturated rings. The van der Waals surface area contributed by atoms with Crippen molar-refractivity contribution in [1.29, 1.82) is 0 Å². The second-order valence-electron chi connectivity index (χ2n) is 6.46. The molecule has 2 aliphatic carbocycles. The summed E-state index contributed by atoms with van der Waals surface area (Å²) in [6, 6.07) is 0.801. The maximum atomic E-state index is 3.93. The molecule has 1 nitrogen and oxygen atoms in total. The predicted molar refractivity (Wildman–Crippen MR) is 66.0 cm³/mol. The zero-order valence-corrected chi connectivity index (χ0v) is 10.7. The first-order valence-corrected chi connectivity index (χ1v) is 6.85. The molecule has 0 radical (unpaired) electrons. The van der Waals surface area contributed by atoms with Gasteiger partial charge in [0.1, 0.15) is 0 Å². The predicted octanol–water partition coefficient (Wildman–Crippen LogP) is 3.73. The van der Waals surface area contributed by atoms with E-state index in [1.165, 1.54) is 44.9 Å². The number of hydrogen-bond acceptors (Lipinski definition) is 1. The summed E-state index contributed by atoms with van der Waals surface area (Å²) >= 11 is 0. The van der Waals surface area contributed by atoms with Gasteiger partial charge in [0.2, 0.25) is 0 Å². The number of rotatable bonds is 3. The summed E-state index contributed by atoms with van der Waals surface area (Å²) in [5, 5.41) is 3.93. The Morgan fingerprint density at radius 3 is 2.20 bits per heavy atom. The lowest BCUT2D eigenvalue weighted by atomic mass is 9.85. The highest BCUT2D eigenvalue weighted by atomic mass is 15.0.